The van der Waals surface area contributed by atoms with Crippen molar-refractivity contribution in [3.8, 4) is 17.0 Å². The van der Waals surface area contributed by atoms with Gasteiger partial charge in [-0.1, -0.05) is 40.2 Å². The molecule has 0 bridgehead atoms. The van der Waals surface area contributed by atoms with Gasteiger partial charge in [0.15, 0.2) is 0 Å². The number of aromatic nitrogens is 1. The first-order valence-corrected chi connectivity index (χ1v) is 7.38. The zero-order valence-electron chi connectivity index (χ0n) is 11.7. The number of ether oxygens (including phenoxy) is 2. The second kappa shape index (κ2) is 6.15. The topological polar surface area (TPSA) is 48.4 Å². The molecule has 3 rings (SSSR count). The Bertz CT molecular complexity index is 831. The van der Waals surface area contributed by atoms with Crippen LogP contribution in [0.1, 0.15) is 0 Å². The van der Waals surface area contributed by atoms with Crippen molar-refractivity contribution in [3.63, 3.8) is 0 Å². The summed E-state index contributed by atoms with van der Waals surface area (Å²) in [6, 6.07) is 17.0. The van der Waals surface area contributed by atoms with Crippen LogP contribution >= 0.6 is 15.9 Å². The molecule has 3 aromatic rings. The van der Waals surface area contributed by atoms with Gasteiger partial charge in [-0.25, -0.2) is 9.78 Å². The number of hydrogen-bond acceptors (Lipinski definition) is 4. The standard InChI is InChI=1S/C17H12BrNO3/c1-21-17(20)22-16-10-15(11-6-8-12(18)9-7-11)19-14-5-3-2-4-13(14)16/h2-10H,1H3. The van der Waals surface area contributed by atoms with E-state index in [9.17, 15) is 4.79 Å². The minimum atomic E-state index is -0.752. The first-order chi connectivity index (χ1) is 10.7. The van der Waals surface area contributed by atoms with Crippen LogP contribution in [0.2, 0.25) is 0 Å². The summed E-state index contributed by atoms with van der Waals surface area (Å²) in [6.07, 6.45) is -0.752. The molecular formula is C17H12BrNO3. The van der Waals surface area contributed by atoms with Gasteiger partial charge in [-0.05, 0) is 24.3 Å². The quantitative estimate of drug-likeness (QED) is 0.617. The van der Waals surface area contributed by atoms with Crippen molar-refractivity contribution < 1.29 is 14.3 Å². The van der Waals surface area contributed by atoms with E-state index in [4.69, 9.17) is 4.74 Å². The van der Waals surface area contributed by atoms with Crippen LogP contribution in [0.25, 0.3) is 22.2 Å². The lowest BCUT2D eigenvalue weighted by Gasteiger charge is -2.09. The van der Waals surface area contributed by atoms with Crippen molar-refractivity contribution >= 4 is 33.0 Å². The number of hydrogen-bond donors (Lipinski definition) is 0. The molecule has 5 heteroatoms. The minimum absolute atomic E-state index is 0.426. The second-order valence-electron chi connectivity index (χ2n) is 4.59. The fourth-order valence-electron chi connectivity index (χ4n) is 2.13. The average Bonchev–Trinajstić information content (AvgIpc) is 2.55. The van der Waals surface area contributed by atoms with Gasteiger partial charge >= 0.3 is 6.16 Å². The predicted octanol–water partition coefficient (Wildman–Crippen LogP) is 4.81. The molecule has 0 amide bonds. The molecule has 0 saturated heterocycles. The third-order valence-electron chi connectivity index (χ3n) is 3.18. The van der Waals surface area contributed by atoms with Crippen molar-refractivity contribution in [2.24, 2.45) is 0 Å². The maximum atomic E-state index is 11.4. The molecule has 0 N–H and O–H groups in total. The number of halogens is 1. The lowest BCUT2D eigenvalue weighted by molar-refractivity contribution is 0.122. The third-order valence-corrected chi connectivity index (χ3v) is 3.71. The van der Waals surface area contributed by atoms with E-state index in [2.05, 4.69) is 25.7 Å². The molecule has 0 spiro atoms. The monoisotopic (exact) mass is 357 g/mol. The van der Waals surface area contributed by atoms with Crippen molar-refractivity contribution in [2.45, 2.75) is 0 Å². The van der Waals surface area contributed by atoms with E-state index >= 15 is 0 Å². The molecule has 0 radical (unpaired) electrons. The predicted molar refractivity (Wildman–Crippen MR) is 87.9 cm³/mol. The Balaban J connectivity index is 2.15. The zero-order valence-corrected chi connectivity index (χ0v) is 13.3. The van der Waals surface area contributed by atoms with Crippen LogP contribution in [0.3, 0.4) is 0 Å². The molecule has 0 fully saturated rings. The fraction of sp³-hybridized carbons (Fsp3) is 0.0588. The highest BCUT2D eigenvalue weighted by atomic mass is 79.9. The molecule has 22 heavy (non-hydrogen) atoms. The van der Waals surface area contributed by atoms with E-state index in [1.807, 2.05) is 48.5 Å². The molecule has 1 heterocycles. The Hall–Kier alpha value is -2.40. The van der Waals surface area contributed by atoms with E-state index in [0.29, 0.717) is 5.75 Å². The van der Waals surface area contributed by atoms with Crippen molar-refractivity contribution in [2.75, 3.05) is 7.11 Å². The highest BCUT2D eigenvalue weighted by molar-refractivity contribution is 9.10. The number of pyridine rings is 1. The summed E-state index contributed by atoms with van der Waals surface area (Å²) in [5.41, 5.74) is 2.41. The number of nitrogens with zero attached hydrogens (tertiary/aromatic N) is 1. The average molecular weight is 358 g/mol. The lowest BCUT2D eigenvalue weighted by Crippen LogP contribution is -2.08. The summed E-state index contributed by atoms with van der Waals surface area (Å²) >= 11 is 3.41. The van der Waals surface area contributed by atoms with Gasteiger partial charge in [-0.2, -0.15) is 0 Å². The Morgan fingerprint density at radius 2 is 1.82 bits per heavy atom. The zero-order chi connectivity index (χ0) is 15.5. The number of para-hydroxylation sites is 1. The molecule has 0 aliphatic heterocycles. The molecule has 0 aliphatic rings. The van der Waals surface area contributed by atoms with Gasteiger partial charge in [0.25, 0.3) is 0 Å². The normalized spacial score (nSPS) is 10.5. The summed E-state index contributed by atoms with van der Waals surface area (Å²) in [4.78, 5) is 16.1. The molecule has 1 aromatic heterocycles. The summed E-state index contributed by atoms with van der Waals surface area (Å²) < 4.78 is 10.8. The van der Waals surface area contributed by atoms with Gasteiger partial charge in [0.2, 0.25) is 0 Å². The number of rotatable bonds is 2. The summed E-state index contributed by atoms with van der Waals surface area (Å²) in [5.74, 6) is 0.426. The van der Waals surface area contributed by atoms with Gasteiger partial charge in [0.1, 0.15) is 5.75 Å². The summed E-state index contributed by atoms with van der Waals surface area (Å²) in [5, 5.41) is 0.758. The molecule has 2 aromatic carbocycles. The maximum absolute atomic E-state index is 11.4. The van der Waals surface area contributed by atoms with Gasteiger partial charge in [0, 0.05) is 21.5 Å². The fourth-order valence-corrected chi connectivity index (χ4v) is 2.39. The van der Waals surface area contributed by atoms with Crippen LogP contribution in [-0.2, 0) is 4.74 Å². The Labute approximate surface area is 135 Å². The van der Waals surface area contributed by atoms with Gasteiger partial charge in [0.05, 0.1) is 18.3 Å². The number of methoxy groups -OCH3 is 1. The lowest BCUT2D eigenvalue weighted by atomic mass is 10.1. The highest BCUT2D eigenvalue weighted by Gasteiger charge is 2.12. The van der Waals surface area contributed by atoms with Crippen LogP contribution < -0.4 is 4.74 Å². The summed E-state index contributed by atoms with van der Waals surface area (Å²) in [7, 11) is 1.28. The van der Waals surface area contributed by atoms with Crippen molar-refractivity contribution in [1.29, 1.82) is 0 Å². The molecule has 0 atom stereocenters. The van der Waals surface area contributed by atoms with Crippen LogP contribution in [0.5, 0.6) is 5.75 Å². The van der Waals surface area contributed by atoms with Crippen LogP contribution in [-0.4, -0.2) is 18.2 Å². The van der Waals surface area contributed by atoms with E-state index in [0.717, 1.165) is 26.6 Å². The van der Waals surface area contributed by atoms with E-state index in [1.165, 1.54) is 7.11 Å². The molecule has 110 valence electrons. The molecule has 0 aliphatic carbocycles. The van der Waals surface area contributed by atoms with E-state index in [1.54, 1.807) is 6.07 Å². The SMILES string of the molecule is COC(=O)Oc1cc(-c2ccc(Br)cc2)nc2ccccc12. The minimum Gasteiger partial charge on any atom is -0.437 e. The number of fused-ring (bicyclic) bond motifs is 1. The van der Waals surface area contributed by atoms with Gasteiger partial charge < -0.3 is 9.47 Å². The van der Waals surface area contributed by atoms with Crippen LogP contribution in [0, 0.1) is 0 Å². The molecule has 0 saturated carbocycles. The number of carbonyl (C=O) groups excluding carboxylic acids is 1. The van der Waals surface area contributed by atoms with Crippen molar-refractivity contribution in [3.05, 3.63) is 59.1 Å². The largest absolute Gasteiger partial charge is 0.513 e. The van der Waals surface area contributed by atoms with Gasteiger partial charge in [-0.3, -0.25) is 0 Å². The third kappa shape index (κ3) is 2.94. The van der Waals surface area contributed by atoms with E-state index in [-0.39, 0.29) is 0 Å². The number of benzene rings is 2. The van der Waals surface area contributed by atoms with Crippen LogP contribution in [0.15, 0.2) is 59.1 Å². The second-order valence-corrected chi connectivity index (χ2v) is 5.50. The smallest absolute Gasteiger partial charge is 0.437 e. The Morgan fingerprint density at radius 1 is 1.09 bits per heavy atom. The van der Waals surface area contributed by atoms with Crippen LogP contribution in [0.4, 0.5) is 4.79 Å². The Morgan fingerprint density at radius 3 is 2.55 bits per heavy atom. The summed E-state index contributed by atoms with van der Waals surface area (Å²) in [6.45, 7) is 0. The van der Waals surface area contributed by atoms with Gasteiger partial charge in [-0.15, -0.1) is 0 Å². The van der Waals surface area contributed by atoms with E-state index < -0.39 is 6.16 Å². The molecule has 0 unspecified atom stereocenters. The molecule has 4 nitrogen and oxygen atoms in total. The number of carbonyl (C=O) groups is 1. The first kappa shape index (κ1) is 14.5. The first-order valence-electron chi connectivity index (χ1n) is 6.59. The Kier molecular flexibility index (Phi) is 4.06. The molecular weight excluding hydrogens is 346 g/mol. The maximum Gasteiger partial charge on any atom is 0.513 e. The highest BCUT2D eigenvalue weighted by Crippen LogP contribution is 2.30. The van der Waals surface area contributed by atoms with Crippen molar-refractivity contribution in [1.82, 2.24) is 4.98 Å².